The fourth-order valence-corrected chi connectivity index (χ4v) is 2.95. The summed E-state index contributed by atoms with van der Waals surface area (Å²) in [5, 5.41) is 2.66. The molecule has 8 heteroatoms. The maximum atomic E-state index is 12.7. The molecule has 0 atom stereocenters. The van der Waals surface area contributed by atoms with Gasteiger partial charge in [0.25, 0.3) is 11.8 Å². The first-order chi connectivity index (χ1) is 13.5. The van der Waals surface area contributed by atoms with Gasteiger partial charge >= 0.3 is 5.97 Å². The number of ether oxygens (including phenoxy) is 1. The third kappa shape index (κ3) is 4.34. The molecule has 8 nitrogen and oxygen atoms in total. The van der Waals surface area contributed by atoms with Crippen molar-refractivity contribution in [3.63, 3.8) is 0 Å². The molecule has 0 saturated carbocycles. The van der Waals surface area contributed by atoms with Crippen LogP contribution >= 0.6 is 0 Å². The lowest BCUT2D eigenvalue weighted by Crippen LogP contribution is -2.47. The molecule has 0 unspecified atom stereocenters. The molecule has 1 N–H and O–H groups in total. The normalized spacial score (nSPS) is 14.4. The molecule has 3 rings (SSSR count). The summed E-state index contributed by atoms with van der Waals surface area (Å²) in [5.41, 5.74) is 1.06. The Labute approximate surface area is 163 Å². The minimum Gasteiger partial charge on any atom is -0.465 e. The number of hydrogen-bond donors (Lipinski definition) is 1. The summed E-state index contributed by atoms with van der Waals surface area (Å²) >= 11 is 0. The van der Waals surface area contributed by atoms with E-state index in [4.69, 9.17) is 4.74 Å². The van der Waals surface area contributed by atoms with Gasteiger partial charge in [-0.05, 0) is 31.3 Å². The fourth-order valence-electron chi connectivity index (χ4n) is 2.95. The molecule has 1 aromatic heterocycles. The largest absolute Gasteiger partial charge is 0.465 e. The molecule has 28 heavy (non-hydrogen) atoms. The number of hydrogen-bond acceptors (Lipinski definition) is 6. The molecule has 1 saturated heterocycles. The van der Waals surface area contributed by atoms with Gasteiger partial charge in [0.05, 0.1) is 18.4 Å². The van der Waals surface area contributed by atoms with Crippen LogP contribution in [0.1, 0.15) is 31.2 Å². The van der Waals surface area contributed by atoms with Gasteiger partial charge < -0.3 is 19.9 Å². The molecule has 1 fully saturated rings. The highest BCUT2D eigenvalue weighted by molar-refractivity contribution is 6.08. The van der Waals surface area contributed by atoms with E-state index in [2.05, 4.69) is 15.2 Å². The van der Waals surface area contributed by atoms with Crippen molar-refractivity contribution in [2.45, 2.75) is 0 Å². The van der Waals surface area contributed by atoms with E-state index in [1.807, 2.05) is 7.05 Å². The topological polar surface area (TPSA) is 91.8 Å². The minimum absolute atomic E-state index is 0.0969. The first-order valence-electron chi connectivity index (χ1n) is 8.92. The van der Waals surface area contributed by atoms with Crippen LogP contribution in [0.4, 0.5) is 5.69 Å². The van der Waals surface area contributed by atoms with Gasteiger partial charge in [-0.3, -0.25) is 14.6 Å². The van der Waals surface area contributed by atoms with Gasteiger partial charge in [-0.1, -0.05) is 12.1 Å². The van der Waals surface area contributed by atoms with Gasteiger partial charge in [-0.2, -0.15) is 0 Å². The number of carbonyl (C=O) groups is 3. The molecule has 0 radical (unpaired) electrons. The standard InChI is InChI=1S/C20H22N4O4/c1-23-9-11-24(12-10-23)19(26)14-7-8-21-17(13-14)18(25)22-16-6-4-3-5-15(16)20(27)28-2/h3-8,13H,9-12H2,1-2H3,(H,22,25). The van der Waals surface area contributed by atoms with Gasteiger partial charge in [0, 0.05) is 37.9 Å². The Morgan fingerprint density at radius 1 is 1.07 bits per heavy atom. The molecule has 0 aliphatic carbocycles. The number of aromatic nitrogens is 1. The van der Waals surface area contributed by atoms with Crippen LogP contribution in [0.15, 0.2) is 42.6 Å². The number of amides is 2. The van der Waals surface area contributed by atoms with E-state index in [0.717, 1.165) is 13.1 Å². The summed E-state index contributed by atoms with van der Waals surface area (Å²) in [7, 11) is 3.29. The Balaban J connectivity index is 1.76. The average Bonchev–Trinajstić information content (AvgIpc) is 2.73. The summed E-state index contributed by atoms with van der Waals surface area (Å²) in [6.07, 6.45) is 1.43. The van der Waals surface area contributed by atoms with Crippen LogP contribution in [0, 0.1) is 0 Å². The predicted molar refractivity (Wildman–Crippen MR) is 103 cm³/mol. The molecule has 1 aromatic carbocycles. The van der Waals surface area contributed by atoms with Crippen molar-refractivity contribution in [1.29, 1.82) is 0 Å². The van der Waals surface area contributed by atoms with E-state index in [0.29, 0.717) is 24.3 Å². The molecule has 2 amide bonds. The van der Waals surface area contributed by atoms with Crippen molar-refractivity contribution in [3.8, 4) is 0 Å². The third-order valence-electron chi connectivity index (χ3n) is 4.61. The summed E-state index contributed by atoms with van der Waals surface area (Å²) in [6.45, 7) is 2.92. The quantitative estimate of drug-likeness (QED) is 0.806. The zero-order chi connectivity index (χ0) is 20.1. The molecule has 1 aliphatic heterocycles. The molecular formula is C20H22N4O4. The highest BCUT2D eigenvalue weighted by atomic mass is 16.5. The van der Waals surface area contributed by atoms with E-state index in [1.165, 1.54) is 19.4 Å². The molecule has 0 spiro atoms. The van der Waals surface area contributed by atoms with Crippen LogP contribution in [0.3, 0.4) is 0 Å². The fraction of sp³-hybridized carbons (Fsp3) is 0.300. The van der Waals surface area contributed by atoms with Gasteiger partial charge in [-0.15, -0.1) is 0 Å². The molecule has 146 valence electrons. The van der Waals surface area contributed by atoms with E-state index >= 15 is 0 Å². The third-order valence-corrected chi connectivity index (χ3v) is 4.61. The van der Waals surface area contributed by atoms with Crippen molar-refractivity contribution < 1.29 is 19.1 Å². The van der Waals surface area contributed by atoms with E-state index in [1.54, 1.807) is 35.2 Å². The number of anilines is 1. The second kappa shape index (κ2) is 8.62. The van der Waals surface area contributed by atoms with E-state index < -0.39 is 11.9 Å². The van der Waals surface area contributed by atoms with Gasteiger partial charge in [0.1, 0.15) is 5.69 Å². The Morgan fingerprint density at radius 3 is 2.50 bits per heavy atom. The van der Waals surface area contributed by atoms with Crippen molar-refractivity contribution >= 4 is 23.5 Å². The summed E-state index contributed by atoms with van der Waals surface area (Å²) in [4.78, 5) is 45.2. The van der Waals surface area contributed by atoms with Crippen molar-refractivity contribution in [2.24, 2.45) is 0 Å². The second-order valence-corrected chi connectivity index (χ2v) is 6.52. The number of para-hydroxylation sites is 1. The van der Waals surface area contributed by atoms with Crippen molar-refractivity contribution in [3.05, 3.63) is 59.4 Å². The number of rotatable bonds is 4. The number of esters is 1. The monoisotopic (exact) mass is 382 g/mol. The predicted octanol–water partition coefficient (Wildman–Crippen LogP) is 1.51. The molecular weight excluding hydrogens is 360 g/mol. The van der Waals surface area contributed by atoms with Crippen molar-refractivity contribution in [2.75, 3.05) is 45.7 Å². The summed E-state index contributed by atoms with van der Waals surface area (Å²) in [6, 6.07) is 9.60. The van der Waals surface area contributed by atoms with Crippen LogP contribution in [0.2, 0.25) is 0 Å². The number of methoxy groups -OCH3 is 1. The molecule has 2 heterocycles. The zero-order valence-corrected chi connectivity index (χ0v) is 15.8. The Morgan fingerprint density at radius 2 is 1.79 bits per heavy atom. The van der Waals surface area contributed by atoms with E-state index in [9.17, 15) is 14.4 Å². The molecule has 0 bridgehead atoms. The maximum Gasteiger partial charge on any atom is 0.339 e. The first kappa shape index (κ1) is 19.5. The number of carbonyl (C=O) groups excluding carboxylic acids is 3. The van der Waals surface area contributed by atoms with Gasteiger partial charge in [-0.25, -0.2) is 4.79 Å². The van der Waals surface area contributed by atoms with Gasteiger partial charge in [0.15, 0.2) is 0 Å². The number of pyridine rings is 1. The van der Waals surface area contributed by atoms with Crippen LogP contribution in [0.5, 0.6) is 0 Å². The lowest BCUT2D eigenvalue weighted by Gasteiger charge is -2.32. The number of nitrogens with one attached hydrogen (secondary N) is 1. The highest BCUT2D eigenvalue weighted by Gasteiger charge is 2.22. The maximum absolute atomic E-state index is 12.7. The van der Waals surface area contributed by atoms with Crippen LogP contribution < -0.4 is 5.32 Å². The number of benzene rings is 1. The summed E-state index contributed by atoms with van der Waals surface area (Å²) in [5.74, 6) is -1.19. The average molecular weight is 382 g/mol. The smallest absolute Gasteiger partial charge is 0.339 e. The van der Waals surface area contributed by atoms with E-state index in [-0.39, 0.29) is 17.2 Å². The lowest BCUT2D eigenvalue weighted by molar-refractivity contribution is 0.0601. The van der Waals surface area contributed by atoms with Crippen molar-refractivity contribution in [1.82, 2.24) is 14.8 Å². The first-order valence-corrected chi connectivity index (χ1v) is 8.92. The second-order valence-electron chi connectivity index (χ2n) is 6.52. The number of likely N-dealkylation sites (N-methyl/N-ethyl adjacent to an activating group) is 1. The summed E-state index contributed by atoms with van der Waals surface area (Å²) < 4.78 is 4.73. The van der Waals surface area contributed by atoms with Gasteiger partial charge in [0.2, 0.25) is 0 Å². The molecule has 1 aliphatic rings. The van der Waals surface area contributed by atoms with Crippen LogP contribution in [0.25, 0.3) is 0 Å². The number of nitrogens with zero attached hydrogens (tertiary/aromatic N) is 3. The molecule has 2 aromatic rings. The Bertz CT molecular complexity index is 891. The lowest BCUT2D eigenvalue weighted by atomic mass is 10.1. The Kier molecular flexibility index (Phi) is 6.00. The van der Waals surface area contributed by atoms with Crippen LogP contribution in [-0.4, -0.2) is 72.9 Å². The minimum atomic E-state index is -0.553. The zero-order valence-electron chi connectivity index (χ0n) is 15.8. The number of piperazine rings is 1. The Hall–Kier alpha value is -3.26. The SMILES string of the molecule is COC(=O)c1ccccc1NC(=O)c1cc(C(=O)N2CCN(C)CC2)ccn1. The van der Waals surface area contributed by atoms with Crippen LogP contribution in [-0.2, 0) is 4.74 Å². The highest BCUT2D eigenvalue weighted by Crippen LogP contribution is 2.17.